The Kier molecular flexibility index (Phi) is 5.42. The van der Waals surface area contributed by atoms with Gasteiger partial charge in [0.25, 0.3) is 5.91 Å². The van der Waals surface area contributed by atoms with Crippen LogP contribution in [0.5, 0.6) is 0 Å². The van der Waals surface area contributed by atoms with E-state index in [2.05, 4.69) is 15.5 Å². The Hall–Kier alpha value is -2.48. The lowest BCUT2D eigenvalue weighted by Gasteiger charge is -2.07. The number of methoxy groups -OCH3 is 1. The molecule has 2 aromatic heterocycles. The number of ether oxygens (including phenoxy) is 1. The molecule has 0 saturated carbocycles. The normalized spacial score (nSPS) is 10.6. The van der Waals surface area contributed by atoms with Gasteiger partial charge in [0.2, 0.25) is 0 Å². The maximum absolute atomic E-state index is 12.0. The van der Waals surface area contributed by atoms with Crippen molar-refractivity contribution in [2.75, 3.05) is 13.7 Å². The first-order valence-corrected chi connectivity index (χ1v) is 6.86. The maximum Gasteiger partial charge on any atom is 0.287 e. The van der Waals surface area contributed by atoms with Gasteiger partial charge >= 0.3 is 0 Å². The number of nitrogens with one attached hydrogen (secondary N) is 1. The van der Waals surface area contributed by atoms with Crippen LogP contribution >= 0.6 is 0 Å². The van der Waals surface area contributed by atoms with E-state index in [9.17, 15) is 9.59 Å². The van der Waals surface area contributed by atoms with Crippen molar-refractivity contribution < 1.29 is 13.9 Å². The molecule has 0 bridgehead atoms. The SMILES string of the molecule is COCCCn1cnnc1CNC(=O)c1cc(=O)cc(C)o1. The second-order valence-corrected chi connectivity index (χ2v) is 4.74. The number of aromatic nitrogens is 3. The van der Waals surface area contributed by atoms with E-state index in [4.69, 9.17) is 9.15 Å². The van der Waals surface area contributed by atoms with Crippen molar-refractivity contribution in [1.29, 1.82) is 0 Å². The lowest BCUT2D eigenvalue weighted by atomic mass is 10.3. The summed E-state index contributed by atoms with van der Waals surface area (Å²) in [6.45, 7) is 3.15. The Morgan fingerprint density at radius 1 is 1.45 bits per heavy atom. The second kappa shape index (κ2) is 7.51. The minimum Gasteiger partial charge on any atom is -0.456 e. The van der Waals surface area contributed by atoms with Crippen molar-refractivity contribution in [3.05, 3.63) is 46.0 Å². The molecular weight excluding hydrogens is 288 g/mol. The number of amides is 1. The second-order valence-electron chi connectivity index (χ2n) is 4.74. The number of rotatable bonds is 7. The smallest absolute Gasteiger partial charge is 0.287 e. The van der Waals surface area contributed by atoms with Crippen molar-refractivity contribution in [2.45, 2.75) is 26.4 Å². The highest BCUT2D eigenvalue weighted by Gasteiger charge is 2.12. The molecule has 1 amide bonds. The van der Waals surface area contributed by atoms with Crippen LogP contribution in [0.15, 0.2) is 27.7 Å². The first kappa shape index (κ1) is 15.9. The van der Waals surface area contributed by atoms with Crippen LogP contribution in [0.4, 0.5) is 0 Å². The third-order valence-electron chi connectivity index (χ3n) is 2.96. The van der Waals surface area contributed by atoms with Crippen LogP contribution in [0, 0.1) is 6.92 Å². The van der Waals surface area contributed by atoms with E-state index in [0.29, 0.717) is 24.7 Å². The van der Waals surface area contributed by atoms with Gasteiger partial charge in [0, 0.05) is 32.4 Å². The molecule has 0 aliphatic carbocycles. The Labute approximate surface area is 127 Å². The van der Waals surface area contributed by atoms with Crippen molar-refractivity contribution in [3.8, 4) is 0 Å². The molecule has 0 atom stereocenters. The zero-order valence-electron chi connectivity index (χ0n) is 12.5. The van der Waals surface area contributed by atoms with E-state index in [1.165, 1.54) is 6.07 Å². The lowest BCUT2D eigenvalue weighted by Crippen LogP contribution is -2.25. The monoisotopic (exact) mass is 306 g/mol. The first-order chi connectivity index (χ1) is 10.6. The first-order valence-electron chi connectivity index (χ1n) is 6.86. The standard InChI is InChI=1S/C14H18N4O4/c1-10-6-11(19)7-12(22-10)14(20)15-8-13-17-16-9-18(13)4-3-5-21-2/h6-7,9H,3-5,8H2,1-2H3,(H,15,20). The third-order valence-corrected chi connectivity index (χ3v) is 2.96. The van der Waals surface area contributed by atoms with Crippen molar-refractivity contribution >= 4 is 5.91 Å². The van der Waals surface area contributed by atoms with E-state index >= 15 is 0 Å². The molecule has 2 aromatic rings. The van der Waals surface area contributed by atoms with Crippen LogP contribution < -0.4 is 10.7 Å². The van der Waals surface area contributed by atoms with Crippen LogP contribution in [0.25, 0.3) is 0 Å². The molecule has 2 heterocycles. The summed E-state index contributed by atoms with van der Waals surface area (Å²) in [5.41, 5.74) is -0.267. The molecule has 0 aromatic carbocycles. The van der Waals surface area contributed by atoms with Crippen LogP contribution in [0.1, 0.15) is 28.6 Å². The number of nitrogens with zero attached hydrogens (tertiary/aromatic N) is 3. The Morgan fingerprint density at radius 3 is 3.00 bits per heavy atom. The topological polar surface area (TPSA) is 99.2 Å². The van der Waals surface area contributed by atoms with Gasteiger partial charge in [0.15, 0.2) is 17.0 Å². The zero-order valence-corrected chi connectivity index (χ0v) is 12.5. The van der Waals surface area contributed by atoms with Crippen LogP contribution in [0.3, 0.4) is 0 Å². The predicted octanol–water partition coefficient (Wildman–Crippen LogP) is 0.506. The molecule has 8 heteroatoms. The molecular formula is C14H18N4O4. The summed E-state index contributed by atoms with van der Waals surface area (Å²) in [6.07, 6.45) is 2.42. The summed E-state index contributed by atoms with van der Waals surface area (Å²) in [7, 11) is 1.64. The van der Waals surface area contributed by atoms with Gasteiger partial charge in [0.1, 0.15) is 12.1 Å². The van der Waals surface area contributed by atoms with Gasteiger partial charge in [-0.05, 0) is 13.3 Å². The Balaban J connectivity index is 1.96. The van der Waals surface area contributed by atoms with E-state index in [1.807, 2.05) is 4.57 Å². The van der Waals surface area contributed by atoms with Gasteiger partial charge in [-0.15, -0.1) is 10.2 Å². The molecule has 0 aliphatic rings. The van der Waals surface area contributed by atoms with Gasteiger partial charge in [-0.3, -0.25) is 9.59 Å². The number of aryl methyl sites for hydroxylation is 2. The van der Waals surface area contributed by atoms with Gasteiger partial charge in [0.05, 0.1) is 6.54 Å². The lowest BCUT2D eigenvalue weighted by molar-refractivity contribution is 0.0917. The number of hydrogen-bond acceptors (Lipinski definition) is 6. The minimum absolute atomic E-state index is 0.0181. The van der Waals surface area contributed by atoms with E-state index < -0.39 is 5.91 Å². The highest BCUT2D eigenvalue weighted by atomic mass is 16.5. The molecule has 22 heavy (non-hydrogen) atoms. The Bertz CT molecular complexity index is 692. The third kappa shape index (κ3) is 4.26. The molecule has 0 saturated heterocycles. The fourth-order valence-electron chi connectivity index (χ4n) is 1.94. The average molecular weight is 306 g/mol. The summed E-state index contributed by atoms with van der Waals surface area (Å²) in [6, 6.07) is 2.48. The summed E-state index contributed by atoms with van der Waals surface area (Å²) in [5, 5.41) is 10.4. The Morgan fingerprint density at radius 2 is 2.27 bits per heavy atom. The molecule has 118 valence electrons. The zero-order chi connectivity index (χ0) is 15.9. The summed E-state index contributed by atoms with van der Waals surface area (Å²) < 4.78 is 12.1. The highest BCUT2D eigenvalue weighted by Crippen LogP contribution is 2.02. The molecule has 8 nitrogen and oxygen atoms in total. The summed E-state index contributed by atoms with van der Waals surface area (Å²) >= 11 is 0. The largest absolute Gasteiger partial charge is 0.456 e. The quantitative estimate of drug-likeness (QED) is 0.748. The average Bonchev–Trinajstić information content (AvgIpc) is 2.91. The van der Waals surface area contributed by atoms with Gasteiger partial charge in [-0.2, -0.15) is 0 Å². The molecule has 0 radical (unpaired) electrons. The summed E-state index contributed by atoms with van der Waals surface area (Å²) in [4.78, 5) is 23.4. The van der Waals surface area contributed by atoms with Crippen LogP contribution in [-0.2, 0) is 17.8 Å². The molecule has 2 rings (SSSR count). The fourth-order valence-corrected chi connectivity index (χ4v) is 1.94. The number of carbonyl (C=O) groups excluding carboxylic acids is 1. The van der Waals surface area contributed by atoms with Crippen molar-refractivity contribution in [3.63, 3.8) is 0 Å². The molecule has 0 spiro atoms. The summed E-state index contributed by atoms with van der Waals surface area (Å²) in [5.74, 6) is 0.530. The van der Waals surface area contributed by atoms with Crippen molar-refractivity contribution in [1.82, 2.24) is 20.1 Å². The molecule has 0 unspecified atom stereocenters. The molecule has 1 N–H and O–H groups in total. The van der Waals surface area contributed by atoms with Crippen LogP contribution in [-0.4, -0.2) is 34.4 Å². The molecule has 0 aliphatic heterocycles. The van der Waals surface area contributed by atoms with Gasteiger partial charge in [-0.1, -0.05) is 0 Å². The number of hydrogen-bond donors (Lipinski definition) is 1. The van der Waals surface area contributed by atoms with E-state index in [-0.39, 0.29) is 17.7 Å². The fraction of sp³-hybridized carbons (Fsp3) is 0.429. The minimum atomic E-state index is -0.466. The molecule has 0 fully saturated rings. The van der Waals surface area contributed by atoms with Gasteiger partial charge < -0.3 is 19.0 Å². The van der Waals surface area contributed by atoms with E-state index in [1.54, 1.807) is 20.4 Å². The van der Waals surface area contributed by atoms with Crippen LogP contribution in [0.2, 0.25) is 0 Å². The maximum atomic E-state index is 12.0. The van der Waals surface area contributed by atoms with Gasteiger partial charge in [-0.25, -0.2) is 0 Å². The number of carbonyl (C=O) groups is 1. The van der Waals surface area contributed by atoms with Crippen molar-refractivity contribution in [2.24, 2.45) is 0 Å². The van der Waals surface area contributed by atoms with E-state index in [0.717, 1.165) is 12.5 Å². The highest BCUT2D eigenvalue weighted by molar-refractivity contribution is 5.91. The predicted molar refractivity (Wildman–Crippen MR) is 77.4 cm³/mol.